The fourth-order valence-corrected chi connectivity index (χ4v) is 4.97. The van der Waals surface area contributed by atoms with Crippen LogP contribution in [0.2, 0.25) is 0 Å². The molecule has 3 unspecified atom stereocenters. The number of nitrogen functional groups attached to an aromatic ring is 1. The first-order chi connectivity index (χ1) is 15.0. The van der Waals surface area contributed by atoms with Crippen LogP contribution >= 0.6 is 23.1 Å². The zero-order chi connectivity index (χ0) is 23.4. The lowest BCUT2D eigenvalue weighted by Gasteiger charge is -2.48. The second-order valence-corrected chi connectivity index (χ2v) is 9.40. The Bertz CT molecular complexity index is 1100. The molecule has 5 N–H and O–H groups in total. The molecule has 13 nitrogen and oxygen atoms in total. The molecule has 32 heavy (non-hydrogen) atoms. The number of β-lactam (4-membered cyclic amide) rings is 1. The van der Waals surface area contributed by atoms with E-state index in [9.17, 15) is 29.4 Å². The maximum atomic E-state index is 12.9. The number of aliphatic hydroxyl groups is 1. The van der Waals surface area contributed by atoms with Gasteiger partial charge in [0.1, 0.15) is 22.8 Å². The van der Waals surface area contributed by atoms with Crippen LogP contribution in [0.1, 0.15) is 19.5 Å². The molecule has 170 valence electrons. The van der Waals surface area contributed by atoms with Gasteiger partial charge in [0.15, 0.2) is 10.8 Å². The number of amides is 2. The van der Waals surface area contributed by atoms with E-state index in [1.54, 1.807) is 0 Å². The Morgan fingerprint density at radius 3 is 2.78 bits per heavy atom. The van der Waals surface area contributed by atoms with E-state index in [0.29, 0.717) is 5.57 Å². The number of hydrogen-bond donors (Lipinski definition) is 4. The first-order valence-corrected chi connectivity index (χ1v) is 11.0. The number of esters is 1. The molecule has 3 aliphatic heterocycles. The highest BCUT2D eigenvalue weighted by molar-refractivity contribution is 8.00. The van der Waals surface area contributed by atoms with Gasteiger partial charge in [0, 0.05) is 16.7 Å². The van der Waals surface area contributed by atoms with E-state index < -0.39 is 47.1 Å². The molecule has 0 bridgehead atoms. The van der Waals surface area contributed by atoms with E-state index in [1.165, 1.54) is 35.9 Å². The number of nitrogens with two attached hydrogens (primary N) is 1. The molecule has 1 fully saturated rings. The number of thiazole rings is 1. The summed E-state index contributed by atoms with van der Waals surface area (Å²) in [6, 6.07) is -0.999. The molecule has 3 aliphatic rings. The van der Waals surface area contributed by atoms with Crippen molar-refractivity contribution in [3.63, 3.8) is 0 Å². The average Bonchev–Trinajstić information content (AvgIpc) is 3.27. The van der Waals surface area contributed by atoms with Crippen LogP contribution in [0.4, 0.5) is 5.13 Å². The van der Waals surface area contributed by atoms with Crippen molar-refractivity contribution >= 4 is 57.7 Å². The smallest absolute Gasteiger partial charge is 0.357 e. The summed E-state index contributed by atoms with van der Waals surface area (Å²) in [6.07, 6.45) is -1.39. The normalized spacial score (nSPS) is 25.0. The van der Waals surface area contributed by atoms with Crippen LogP contribution in [0.5, 0.6) is 0 Å². The highest BCUT2D eigenvalue weighted by Crippen LogP contribution is 2.43. The van der Waals surface area contributed by atoms with Crippen LogP contribution in [0.3, 0.4) is 0 Å². The van der Waals surface area contributed by atoms with Gasteiger partial charge in [0.05, 0.1) is 0 Å². The number of aliphatic carboxylic acids is 1. The molecule has 0 saturated carbocycles. The number of fused-ring (bicyclic) bond motifs is 2. The molecule has 4 heterocycles. The summed E-state index contributed by atoms with van der Waals surface area (Å²) in [5, 5.41) is 26.2. The van der Waals surface area contributed by atoms with Crippen molar-refractivity contribution in [3.05, 3.63) is 22.3 Å². The van der Waals surface area contributed by atoms with Crippen molar-refractivity contribution in [3.8, 4) is 0 Å². The number of carboxylic acids is 1. The number of hydrogen-bond acceptors (Lipinski definition) is 12. The quantitative estimate of drug-likeness (QED) is 0.165. The largest absolute Gasteiger partial charge is 0.478 e. The molecule has 1 aromatic rings. The Morgan fingerprint density at radius 2 is 2.16 bits per heavy atom. The number of aliphatic hydroxyl groups excluding tert-OH is 1. The van der Waals surface area contributed by atoms with Crippen molar-refractivity contribution in [1.82, 2.24) is 15.2 Å². The summed E-state index contributed by atoms with van der Waals surface area (Å²) >= 11 is 2.27. The van der Waals surface area contributed by atoms with Crippen LogP contribution in [-0.2, 0) is 28.8 Å². The predicted molar refractivity (Wildman–Crippen MR) is 110 cm³/mol. The number of ether oxygens (including phenoxy) is 1. The van der Waals surface area contributed by atoms with Crippen LogP contribution in [0.25, 0.3) is 0 Å². The molecular formula is C17H17N5O8S2. The number of oxime groups is 1. The number of nitrogens with zero attached hydrogens (tertiary/aromatic N) is 3. The number of carbonyl (C=O) groups is 4. The van der Waals surface area contributed by atoms with Crippen molar-refractivity contribution < 1.29 is 39.0 Å². The van der Waals surface area contributed by atoms with Crippen molar-refractivity contribution in [2.24, 2.45) is 5.16 Å². The van der Waals surface area contributed by atoms with Gasteiger partial charge < -0.3 is 30.8 Å². The summed E-state index contributed by atoms with van der Waals surface area (Å²) in [5.41, 5.74) is 3.86. The molecule has 0 aliphatic carbocycles. The number of thioether (sulfide) groups is 1. The third-order valence-corrected chi connectivity index (χ3v) is 6.83. The van der Waals surface area contributed by atoms with E-state index >= 15 is 0 Å². The predicted octanol–water partition coefficient (Wildman–Crippen LogP) is -1.16. The standard InChI is InChI=1S/C17H17N5O8S2/c1-17(2,15(27)28)30-21-7(6-4-32-16(18)19-6)10(23)20-8-11(24)22-9-5(3-31-12(8)22)13(25)29-14(9)26/h4,8,12-13,25H,3H2,1-2H3,(H2,18,19)(H,20,23)(H,27,28). The fraction of sp³-hybridized carbons (Fsp3) is 0.412. The summed E-state index contributed by atoms with van der Waals surface area (Å²) in [6.45, 7) is 2.49. The van der Waals surface area contributed by atoms with E-state index in [-0.39, 0.29) is 28.0 Å². The van der Waals surface area contributed by atoms with E-state index in [1.807, 2.05) is 0 Å². The maximum Gasteiger partial charge on any atom is 0.357 e. The third-order valence-electron chi connectivity index (χ3n) is 4.85. The molecule has 3 atom stereocenters. The van der Waals surface area contributed by atoms with E-state index in [0.717, 1.165) is 11.3 Å². The van der Waals surface area contributed by atoms with Gasteiger partial charge in [0.25, 0.3) is 11.8 Å². The second-order valence-electron chi connectivity index (χ2n) is 7.41. The van der Waals surface area contributed by atoms with E-state index in [2.05, 4.69) is 15.5 Å². The topological polar surface area (TPSA) is 194 Å². The summed E-state index contributed by atoms with van der Waals surface area (Å²) in [4.78, 5) is 59.1. The molecular weight excluding hydrogens is 466 g/mol. The molecule has 2 amide bonds. The Kier molecular flexibility index (Phi) is 5.34. The lowest BCUT2D eigenvalue weighted by molar-refractivity contribution is -0.161. The van der Waals surface area contributed by atoms with Gasteiger partial charge in [-0.05, 0) is 13.8 Å². The Balaban J connectivity index is 1.55. The van der Waals surface area contributed by atoms with Gasteiger partial charge in [-0.15, -0.1) is 23.1 Å². The molecule has 0 radical (unpaired) electrons. The van der Waals surface area contributed by atoms with Gasteiger partial charge in [0.2, 0.25) is 11.9 Å². The number of rotatable bonds is 6. The van der Waals surface area contributed by atoms with Gasteiger partial charge >= 0.3 is 11.9 Å². The van der Waals surface area contributed by atoms with Gasteiger partial charge in [-0.2, -0.15) is 0 Å². The number of carbonyl (C=O) groups excluding carboxylic acids is 3. The number of anilines is 1. The van der Waals surface area contributed by atoms with Crippen molar-refractivity contribution in [1.29, 1.82) is 0 Å². The van der Waals surface area contributed by atoms with Crippen LogP contribution < -0.4 is 11.1 Å². The second kappa shape index (κ2) is 7.75. The monoisotopic (exact) mass is 483 g/mol. The van der Waals surface area contributed by atoms with E-state index in [4.69, 9.17) is 15.3 Å². The molecule has 1 aromatic heterocycles. The summed E-state index contributed by atoms with van der Waals surface area (Å²) < 4.78 is 4.75. The zero-order valence-corrected chi connectivity index (χ0v) is 18.2. The third kappa shape index (κ3) is 3.57. The Labute approximate surface area is 188 Å². The fourth-order valence-electron chi connectivity index (χ4n) is 3.06. The number of carboxylic acid groups (broad SMARTS) is 1. The number of aromatic nitrogens is 1. The molecule has 15 heteroatoms. The Hall–Kier alpha value is -3.17. The number of cyclic esters (lactones) is 1. The molecule has 4 rings (SSSR count). The first kappa shape index (κ1) is 22.0. The Morgan fingerprint density at radius 1 is 1.44 bits per heavy atom. The maximum absolute atomic E-state index is 12.9. The minimum atomic E-state index is -1.73. The highest BCUT2D eigenvalue weighted by Gasteiger charge is 2.57. The van der Waals surface area contributed by atoms with Crippen molar-refractivity contribution in [2.45, 2.75) is 37.2 Å². The van der Waals surface area contributed by atoms with Gasteiger partial charge in [-0.25, -0.2) is 14.6 Å². The lowest BCUT2D eigenvalue weighted by atomic mass is 10.0. The molecule has 0 aromatic carbocycles. The number of nitrogens with one attached hydrogen (secondary N) is 1. The lowest BCUT2D eigenvalue weighted by Crippen LogP contribution is -2.70. The average molecular weight is 483 g/mol. The SMILES string of the molecule is CC(C)(ON=C(C(=O)NC1C(=O)N2C3=C(CSC12)C(O)OC3=O)c1csc(N)n1)C(=O)O. The minimum absolute atomic E-state index is 0.00976. The van der Waals surface area contributed by atoms with Gasteiger partial charge in [-0.1, -0.05) is 5.16 Å². The zero-order valence-electron chi connectivity index (χ0n) is 16.6. The summed E-state index contributed by atoms with van der Waals surface area (Å²) in [7, 11) is 0. The minimum Gasteiger partial charge on any atom is -0.478 e. The van der Waals surface area contributed by atoms with Crippen molar-refractivity contribution in [2.75, 3.05) is 11.5 Å². The molecule has 0 spiro atoms. The van der Waals surface area contributed by atoms with Gasteiger partial charge in [-0.3, -0.25) is 14.5 Å². The highest BCUT2D eigenvalue weighted by atomic mass is 32.2. The van der Waals surface area contributed by atoms with Crippen LogP contribution in [0.15, 0.2) is 21.8 Å². The van der Waals surface area contributed by atoms with Crippen LogP contribution in [0, 0.1) is 0 Å². The molecule has 1 saturated heterocycles. The van der Waals surface area contributed by atoms with Crippen LogP contribution in [-0.4, -0.2) is 78.6 Å². The first-order valence-electron chi connectivity index (χ1n) is 9.10. The summed E-state index contributed by atoms with van der Waals surface area (Å²) in [5.74, 6) is -3.29.